The van der Waals surface area contributed by atoms with E-state index in [2.05, 4.69) is 58.2 Å². The van der Waals surface area contributed by atoms with Gasteiger partial charge in [-0.2, -0.15) is 0 Å². The van der Waals surface area contributed by atoms with Crippen molar-refractivity contribution in [2.75, 3.05) is 31.6 Å². The van der Waals surface area contributed by atoms with Crippen LogP contribution in [-0.2, 0) is 0 Å². The molecule has 2 fully saturated rings. The average molecular weight is 304 g/mol. The maximum Gasteiger partial charge on any atom is 0.128 e. The molecule has 0 saturated carbocycles. The van der Waals surface area contributed by atoms with Gasteiger partial charge in [0.05, 0.1) is 0 Å². The minimum absolute atomic E-state index is 0.729. The Morgan fingerprint density at radius 2 is 1.96 bits per heavy atom. The van der Waals surface area contributed by atoms with Crippen LogP contribution in [0.15, 0.2) is 48.8 Å². The van der Waals surface area contributed by atoms with Crippen molar-refractivity contribution in [2.45, 2.75) is 6.04 Å². The first kappa shape index (κ1) is 13.1. The maximum atomic E-state index is 4.73. The Hall–Kier alpha value is -2.33. The summed E-state index contributed by atoms with van der Waals surface area (Å²) in [5, 5.41) is 1.24. The molecule has 2 atom stereocenters. The largest absolute Gasteiger partial charge is 0.361 e. The van der Waals surface area contributed by atoms with E-state index in [0.29, 0.717) is 0 Å². The van der Waals surface area contributed by atoms with Crippen molar-refractivity contribution < 1.29 is 0 Å². The molecular weight excluding hydrogens is 284 g/mol. The second-order valence-corrected chi connectivity index (χ2v) is 6.86. The van der Waals surface area contributed by atoms with Gasteiger partial charge >= 0.3 is 0 Å². The van der Waals surface area contributed by atoms with Crippen molar-refractivity contribution in [3.05, 3.63) is 48.8 Å². The molecule has 5 rings (SSSR count). The lowest BCUT2D eigenvalue weighted by atomic mass is 9.93. The van der Waals surface area contributed by atoms with Gasteiger partial charge in [0.2, 0.25) is 0 Å². The molecule has 1 aromatic carbocycles. The quantitative estimate of drug-likeness (QED) is 0.790. The minimum Gasteiger partial charge on any atom is -0.361 e. The molecule has 0 radical (unpaired) electrons. The number of nitrogens with zero attached hydrogens (tertiary/aromatic N) is 3. The topological polar surface area (TPSA) is 35.2 Å². The van der Waals surface area contributed by atoms with E-state index in [4.69, 9.17) is 4.98 Å². The summed E-state index contributed by atoms with van der Waals surface area (Å²) in [5.41, 5.74) is 3.57. The number of rotatable bonds is 2. The van der Waals surface area contributed by atoms with Crippen LogP contribution in [0.3, 0.4) is 0 Å². The standard InChI is InChI=1S/C19H20N4/c1-22-10-16-11-23(12-18(16)22)19-5-3-15(9-21-19)13-2-4-17-14(8-13)6-7-20-17/h2-9,16,18,20H,10-12H2,1H3/t16-,18+/m0/s1. The van der Waals surface area contributed by atoms with Gasteiger partial charge in [0.25, 0.3) is 0 Å². The molecule has 4 nitrogen and oxygen atoms in total. The molecule has 2 aliphatic rings. The van der Waals surface area contributed by atoms with Crippen LogP contribution in [0, 0.1) is 5.92 Å². The fourth-order valence-corrected chi connectivity index (χ4v) is 4.06. The van der Waals surface area contributed by atoms with Gasteiger partial charge in [-0.3, -0.25) is 0 Å². The van der Waals surface area contributed by atoms with Crippen LogP contribution in [0.2, 0.25) is 0 Å². The average Bonchev–Trinajstić information content (AvgIpc) is 3.18. The molecule has 0 aliphatic carbocycles. The molecular formula is C19H20N4. The summed E-state index contributed by atoms with van der Waals surface area (Å²) >= 11 is 0. The fourth-order valence-electron chi connectivity index (χ4n) is 4.06. The smallest absolute Gasteiger partial charge is 0.128 e. The zero-order chi connectivity index (χ0) is 15.4. The Morgan fingerprint density at radius 1 is 1.04 bits per heavy atom. The summed E-state index contributed by atoms with van der Waals surface area (Å²) in [4.78, 5) is 12.8. The number of anilines is 1. The number of fused-ring (bicyclic) bond motifs is 2. The predicted molar refractivity (Wildman–Crippen MR) is 93.7 cm³/mol. The fraction of sp³-hybridized carbons (Fsp3) is 0.316. The van der Waals surface area contributed by atoms with Crippen LogP contribution in [0.25, 0.3) is 22.0 Å². The lowest BCUT2D eigenvalue weighted by Crippen LogP contribution is -2.52. The molecule has 2 saturated heterocycles. The number of nitrogens with one attached hydrogen (secondary N) is 1. The van der Waals surface area contributed by atoms with Crippen LogP contribution in [0.4, 0.5) is 5.82 Å². The molecule has 23 heavy (non-hydrogen) atoms. The van der Waals surface area contributed by atoms with E-state index < -0.39 is 0 Å². The van der Waals surface area contributed by atoms with E-state index >= 15 is 0 Å². The first-order chi connectivity index (χ1) is 11.3. The van der Waals surface area contributed by atoms with Gasteiger partial charge < -0.3 is 14.8 Å². The summed E-state index contributed by atoms with van der Waals surface area (Å²) in [6.07, 6.45) is 3.99. The highest BCUT2D eigenvalue weighted by Crippen LogP contribution is 2.33. The molecule has 2 aliphatic heterocycles. The van der Waals surface area contributed by atoms with Gasteiger partial charge in [0.15, 0.2) is 0 Å². The lowest BCUT2D eigenvalue weighted by Gasteiger charge is -2.40. The second kappa shape index (κ2) is 4.83. The summed E-state index contributed by atoms with van der Waals surface area (Å²) < 4.78 is 0. The van der Waals surface area contributed by atoms with Crippen LogP contribution in [0.1, 0.15) is 0 Å². The Bertz CT molecular complexity index is 851. The number of likely N-dealkylation sites (tertiary alicyclic amines) is 1. The number of pyridine rings is 1. The molecule has 0 amide bonds. The number of aromatic nitrogens is 2. The molecule has 2 aromatic heterocycles. The molecule has 3 aromatic rings. The third-order valence-corrected chi connectivity index (χ3v) is 5.45. The Labute approximate surface area is 135 Å². The molecule has 0 unspecified atom stereocenters. The van der Waals surface area contributed by atoms with Gasteiger partial charge in [0, 0.05) is 55.1 Å². The Balaban J connectivity index is 1.41. The van der Waals surface area contributed by atoms with Crippen LogP contribution in [0.5, 0.6) is 0 Å². The van der Waals surface area contributed by atoms with Gasteiger partial charge in [-0.25, -0.2) is 4.98 Å². The molecule has 0 spiro atoms. The monoisotopic (exact) mass is 304 g/mol. The van der Waals surface area contributed by atoms with E-state index in [0.717, 1.165) is 30.9 Å². The third kappa shape index (κ3) is 2.05. The molecule has 4 heteroatoms. The van der Waals surface area contributed by atoms with Gasteiger partial charge in [-0.15, -0.1) is 0 Å². The van der Waals surface area contributed by atoms with Crippen molar-refractivity contribution in [3.63, 3.8) is 0 Å². The van der Waals surface area contributed by atoms with E-state index in [9.17, 15) is 0 Å². The summed E-state index contributed by atoms with van der Waals surface area (Å²) in [5.74, 6) is 1.94. The molecule has 1 N–H and O–H groups in total. The number of hydrogen-bond acceptors (Lipinski definition) is 3. The number of benzene rings is 1. The van der Waals surface area contributed by atoms with Gasteiger partial charge in [-0.1, -0.05) is 6.07 Å². The molecule has 116 valence electrons. The normalized spacial score (nSPS) is 24.0. The van der Waals surface area contributed by atoms with Gasteiger partial charge in [-0.05, 0) is 48.3 Å². The predicted octanol–water partition coefficient (Wildman–Crippen LogP) is 2.98. The highest BCUT2D eigenvalue weighted by molar-refractivity contribution is 5.84. The third-order valence-electron chi connectivity index (χ3n) is 5.45. The number of H-pyrrole nitrogens is 1. The Kier molecular flexibility index (Phi) is 2.76. The zero-order valence-corrected chi connectivity index (χ0v) is 13.2. The van der Waals surface area contributed by atoms with Gasteiger partial charge in [0.1, 0.15) is 5.82 Å². The number of likely N-dealkylation sites (N-methyl/N-ethyl adjacent to an activating group) is 1. The molecule has 0 bridgehead atoms. The van der Waals surface area contributed by atoms with Crippen molar-refractivity contribution >= 4 is 16.7 Å². The summed E-state index contributed by atoms with van der Waals surface area (Å²) in [7, 11) is 2.22. The Morgan fingerprint density at radius 3 is 2.74 bits per heavy atom. The second-order valence-electron chi connectivity index (χ2n) is 6.86. The van der Waals surface area contributed by atoms with Crippen molar-refractivity contribution in [1.29, 1.82) is 0 Å². The minimum atomic E-state index is 0.729. The van der Waals surface area contributed by atoms with Crippen LogP contribution < -0.4 is 4.90 Å². The van der Waals surface area contributed by atoms with E-state index in [1.165, 1.54) is 28.6 Å². The first-order valence-corrected chi connectivity index (χ1v) is 8.27. The zero-order valence-electron chi connectivity index (χ0n) is 13.2. The van der Waals surface area contributed by atoms with E-state index in [-0.39, 0.29) is 0 Å². The van der Waals surface area contributed by atoms with Crippen LogP contribution in [-0.4, -0.2) is 47.6 Å². The number of aromatic amines is 1. The summed E-state index contributed by atoms with van der Waals surface area (Å²) in [6.45, 7) is 3.50. The van der Waals surface area contributed by atoms with Crippen molar-refractivity contribution in [3.8, 4) is 11.1 Å². The maximum absolute atomic E-state index is 4.73. The van der Waals surface area contributed by atoms with Crippen molar-refractivity contribution in [1.82, 2.24) is 14.9 Å². The first-order valence-electron chi connectivity index (χ1n) is 8.27. The van der Waals surface area contributed by atoms with E-state index in [1.54, 1.807) is 0 Å². The highest BCUT2D eigenvalue weighted by atomic mass is 15.3. The highest BCUT2D eigenvalue weighted by Gasteiger charge is 2.43. The number of hydrogen-bond donors (Lipinski definition) is 1. The SMILES string of the molecule is CN1C[C@H]2CN(c3ccc(-c4ccc5[nH]ccc5c4)cn3)C[C@H]21. The lowest BCUT2D eigenvalue weighted by molar-refractivity contribution is 0.0827. The van der Waals surface area contributed by atoms with Crippen LogP contribution >= 0.6 is 0 Å². The molecule has 4 heterocycles. The van der Waals surface area contributed by atoms with Crippen molar-refractivity contribution in [2.24, 2.45) is 5.92 Å². The van der Waals surface area contributed by atoms with E-state index in [1.807, 2.05) is 12.4 Å². The summed E-state index contributed by atoms with van der Waals surface area (Å²) in [6, 6.07) is 13.7.